The second-order valence-corrected chi connectivity index (χ2v) is 5.95. The Morgan fingerprint density at radius 1 is 0.667 bits per heavy atom. The van der Waals surface area contributed by atoms with Crippen molar-refractivity contribution in [2.45, 2.75) is 52.6 Å². The normalized spacial score (nSPS) is 15.8. The van der Waals surface area contributed by atoms with Crippen molar-refractivity contribution >= 4 is 17.8 Å². The van der Waals surface area contributed by atoms with Crippen molar-refractivity contribution < 1.29 is 29.9 Å². The molecule has 1 aromatic rings. The third-order valence-corrected chi connectivity index (χ3v) is 3.59. The first-order valence-electron chi connectivity index (χ1n) is 8.41. The fourth-order valence-corrected chi connectivity index (χ4v) is 2.31. The Morgan fingerprint density at radius 3 is 1.26 bits per heavy atom. The molecule has 0 bridgehead atoms. The van der Waals surface area contributed by atoms with Gasteiger partial charge in [-0.1, -0.05) is 0 Å². The van der Waals surface area contributed by atoms with Crippen molar-refractivity contribution in [2.75, 3.05) is 42.4 Å². The van der Waals surface area contributed by atoms with E-state index in [9.17, 15) is 20.4 Å². The molecule has 4 unspecified atom stereocenters. The lowest BCUT2D eigenvalue weighted by Gasteiger charge is -2.32. The molecule has 0 aliphatic rings. The number of nitrogens with zero attached hydrogens (tertiary/aromatic N) is 6. The van der Waals surface area contributed by atoms with E-state index in [0.29, 0.717) is 0 Å². The second-order valence-electron chi connectivity index (χ2n) is 5.95. The molecule has 12 heteroatoms. The first-order valence-corrected chi connectivity index (χ1v) is 8.41. The molecule has 1 heterocycles. The smallest absolute Gasteiger partial charge is 0.236 e. The Hall–Kier alpha value is -1.83. The van der Waals surface area contributed by atoms with Gasteiger partial charge in [0.05, 0.1) is 0 Å². The predicted molar refractivity (Wildman–Crippen MR) is 97.7 cm³/mol. The average Bonchev–Trinajstić information content (AvgIpc) is 2.55. The monoisotopic (exact) mass is 390 g/mol. The van der Waals surface area contributed by atoms with Gasteiger partial charge in [-0.3, -0.25) is 14.7 Å². The molecule has 0 fully saturated rings. The van der Waals surface area contributed by atoms with Crippen LogP contribution >= 0.6 is 0 Å². The molecule has 0 saturated heterocycles. The minimum Gasteiger partial charge on any atom is -0.374 e. The lowest BCUT2D eigenvalue weighted by atomic mass is 10.4. The molecule has 27 heavy (non-hydrogen) atoms. The van der Waals surface area contributed by atoms with E-state index in [1.165, 1.54) is 51.7 Å². The molecule has 0 amide bonds. The molecule has 156 valence electrons. The van der Waals surface area contributed by atoms with Gasteiger partial charge in [0.1, 0.15) is 38.4 Å². The molecule has 1 aromatic heterocycles. The van der Waals surface area contributed by atoms with Crippen molar-refractivity contribution in [3.63, 3.8) is 0 Å². The zero-order chi connectivity index (χ0) is 20.7. The molecule has 0 aliphatic heterocycles. The van der Waals surface area contributed by atoms with E-state index in [4.69, 9.17) is 9.47 Å². The molecular weight excluding hydrogens is 360 g/mol. The number of aromatic nitrogens is 3. The van der Waals surface area contributed by atoms with E-state index < -0.39 is 24.9 Å². The zero-order valence-electron chi connectivity index (χ0n) is 16.5. The van der Waals surface area contributed by atoms with E-state index in [0.717, 1.165) is 4.90 Å². The van der Waals surface area contributed by atoms with Gasteiger partial charge in [-0.15, -0.1) is 0 Å². The fraction of sp³-hybridized carbons (Fsp3) is 0.800. The summed E-state index contributed by atoms with van der Waals surface area (Å²) in [5.74, 6) is 0.00307. The van der Waals surface area contributed by atoms with Gasteiger partial charge >= 0.3 is 0 Å². The van der Waals surface area contributed by atoms with Crippen molar-refractivity contribution in [1.82, 2.24) is 15.0 Å². The first kappa shape index (κ1) is 23.2. The number of hydrogen-bond donors (Lipinski definition) is 4. The summed E-state index contributed by atoms with van der Waals surface area (Å²) in [6, 6.07) is 0. The maximum absolute atomic E-state index is 10.0. The average molecular weight is 390 g/mol. The Labute approximate surface area is 158 Å². The standard InChI is InChI=1S/C15H30N6O6/c1-9(22)19(7-26-5)13-16-14(20(8-27-6)10(2)23)18-15(17-13)21(11(3)24)12(4)25/h9-12,22-25H,7-8H2,1-6H3. The van der Waals surface area contributed by atoms with Crippen LogP contribution < -0.4 is 14.7 Å². The van der Waals surface area contributed by atoms with Gasteiger partial charge in [0.15, 0.2) is 0 Å². The third-order valence-electron chi connectivity index (χ3n) is 3.59. The lowest BCUT2D eigenvalue weighted by molar-refractivity contribution is 0.102. The van der Waals surface area contributed by atoms with E-state index in [1.807, 2.05) is 0 Å². The third kappa shape index (κ3) is 6.09. The number of methoxy groups -OCH3 is 2. The van der Waals surface area contributed by atoms with E-state index >= 15 is 0 Å². The molecular formula is C15H30N6O6. The van der Waals surface area contributed by atoms with Crippen LogP contribution in [0.15, 0.2) is 0 Å². The van der Waals surface area contributed by atoms with E-state index in [2.05, 4.69) is 15.0 Å². The minimum atomic E-state index is -1.11. The van der Waals surface area contributed by atoms with Gasteiger partial charge in [0.2, 0.25) is 17.8 Å². The Kier molecular flexibility index (Phi) is 9.02. The molecule has 0 radical (unpaired) electrons. The second kappa shape index (κ2) is 10.5. The van der Waals surface area contributed by atoms with Gasteiger partial charge in [0, 0.05) is 14.2 Å². The highest BCUT2D eigenvalue weighted by Gasteiger charge is 2.27. The summed E-state index contributed by atoms with van der Waals surface area (Å²) < 4.78 is 10.2. The Balaban J connectivity index is 3.58. The topological polar surface area (TPSA) is 148 Å². The van der Waals surface area contributed by atoms with Gasteiger partial charge in [-0.05, 0) is 27.7 Å². The largest absolute Gasteiger partial charge is 0.374 e. The summed E-state index contributed by atoms with van der Waals surface area (Å²) in [4.78, 5) is 16.6. The zero-order valence-corrected chi connectivity index (χ0v) is 16.5. The van der Waals surface area contributed by atoms with Crippen LogP contribution in [0.3, 0.4) is 0 Å². The lowest BCUT2D eigenvalue weighted by Crippen LogP contribution is -2.43. The summed E-state index contributed by atoms with van der Waals surface area (Å²) in [6.07, 6.45) is -4.22. The van der Waals surface area contributed by atoms with Crippen molar-refractivity contribution in [3.8, 4) is 0 Å². The fourth-order valence-electron chi connectivity index (χ4n) is 2.31. The van der Waals surface area contributed by atoms with Crippen LogP contribution in [-0.2, 0) is 9.47 Å². The predicted octanol–water partition coefficient (Wildman–Crippen LogP) is -1.15. The van der Waals surface area contributed by atoms with Crippen molar-refractivity contribution in [1.29, 1.82) is 0 Å². The van der Waals surface area contributed by atoms with Gasteiger partial charge < -0.3 is 29.9 Å². The van der Waals surface area contributed by atoms with Gasteiger partial charge in [0.25, 0.3) is 0 Å². The molecule has 0 saturated carbocycles. The summed E-state index contributed by atoms with van der Waals surface area (Å²) in [7, 11) is 2.90. The quantitative estimate of drug-likeness (QED) is 0.338. The number of aliphatic hydroxyl groups excluding tert-OH is 4. The molecule has 0 aliphatic carbocycles. The number of hydrogen-bond acceptors (Lipinski definition) is 12. The van der Waals surface area contributed by atoms with E-state index in [1.54, 1.807) is 0 Å². The van der Waals surface area contributed by atoms with Crippen LogP contribution in [0.1, 0.15) is 27.7 Å². The summed E-state index contributed by atoms with van der Waals surface area (Å²) in [5, 5.41) is 40.1. The number of ether oxygens (including phenoxy) is 2. The molecule has 0 aromatic carbocycles. The van der Waals surface area contributed by atoms with Crippen LogP contribution in [-0.4, -0.2) is 88.0 Å². The molecule has 1 rings (SSSR count). The van der Waals surface area contributed by atoms with Crippen LogP contribution in [0.5, 0.6) is 0 Å². The number of aliphatic hydroxyl groups is 4. The van der Waals surface area contributed by atoms with Crippen LogP contribution in [0.4, 0.5) is 17.8 Å². The Morgan fingerprint density at radius 2 is 1.00 bits per heavy atom. The maximum Gasteiger partial charge on any atom is 0.236 e. The minimum absolute atomic E-state index is 0.0249. The van der Waals surface area contributed by atoms with Gasteiger partial charge in [-0.25, -0.2) is 0 Å². The summed E-state index contributed by atoms with van der Waals surface area (Å²) in [6.45, 7) is 5.85. The first-order chi connectivity index (χ1) is 12.6. The molecule has 4 N–H and O–H groups in total. The van der Waals surface area contributed by atoms with Crippen molar-refractivity contribution in [3.05, 3.63) is 0 Å². The summed E-state index contributed by atoms with van der Waals surface area (Å²) >= 11 is 0. The molecule has 4 atom stereocenters. The number of rotatable bonds is 11. The maximum atomic E-state index is 10.0. The highest BCUT2D eigenvalue weighted by molar-refractivity contribution is 5.47. The SMILES string of the molecule is COCN(c1nc(N(COC)C(C)O)nc(N(C(C)O)C(C)O)n1)C(C)O. The van der Waals surface area contributed by atoms with Gasteiger partial charge in [-0.2, -0.15) is 15.0 Å². The Bertz CT molecular complexity index is 529. The van der Waals surface area contributed by atoms with Crippen LogP contribution in [0.2, 0.25) is 0 Å². The van der Waals surface area contributed by atoms with Crippen molar-refractivity contribution in [2.24, 2.45) is 0 Å². The number of anilines is 3. The highest BCUT2D eigenvalue weighted by atomic mass is 16.5. The van der Waals surface area contributed by atoms with E-state index in [-0.39, 0.29) is 31.3 Å². The van der Waals surface area contributed by atoms with Crippen LogP contribution in [0.25, 0.3) is 0 Å². The van der Waals surface area contributed by atoms with Crippen LogP contribution in [0, 0.1) is 0 Å². The summed E-state index contributed by atoms with van der Waals surface area (Å²) in [5.41, 5.74) is 0. The molecule has 0 spiro atoms. The molecule has 12 nitrogen and oxygen atoms in total. The highest BCUT2D eigenvalue weighted by Crippen LogP contribution is 2.23.